The van der Waals surface area contributed by atoms with Crippen LogP contribution in [0.25, 0.3) is 0 Å². The maximum atomic E-state index is 13.0. The second-order valence-corrected chi connectivity index (χ2v) is 8.37. The number of nitrogens with zero attached hydrogens (tertiary/aromatic N) is 1. The highest BCUT2D eigenvalue weighted by Gasteiger charge is 2.28. The monoisotopic (exact) mass is 451 g/mol. The Kier molecular flexibility index (Phi) is 6.14. The Bertz CT molecular complexity index is 874. The number of aliphatic carboxylic acids is 1. The van der Waals surface area contributed by atoms with Crippen LogP contribution in [0.5, 0.6) is 0 Å². The number of rotatable bonds is 6. The summed E-state index contributed by atoms with van der Waals surface area (Å²) in [6, 6.07) is 10.6. The van der Waals surface area contributed by atoms with Crippen molar-refractivity contribution in [2.24, 2.45) is 0 Å². The standard InChI is InChI=1S/C15H12BrCl2NO4S/c16-10-2-1-3-12(8-10)19(7-6-15(20)21)24(22,23)14-9-11(17)4-5-13(14)18/h1-5,8-9H,6-7H2,(H,20,21). The summed E-state index contributed by atoms with van der Waals surface area (Å²) in [5.41, 5.74) is 0.321. The van der Waals surface area contributed by atoms with Crippen LogP contribution in [0, 0.1) is 0 Å². The van der Waals surface area contributed by atoms with Gasteiger partial charge in [0, 0.05) is 16.0 Å². The van der Waals surface area contributed by atoms with Gasteiger partial charge in [-0.2, -0.15) is 0 Å². The predicted molar refractivity (Wildman–Crippen MR) is 97.4 cm³/mol. The Morgan fingerprint density at radius 1 is 1.17 bits per heavy atom. The topological polar surface area (TPSA) is 74.7 Å². The zero-order valence-electron chi connectivity index (χ0n) is 12.1. The van der Waals surface area contributed by atoms with Crippen LogP contribution >= 0.6 is 39.1 Å². The first-order valence-electron chi connectivity index (χ1n) is 6.67. The van der Waals surface area contributed by atoms with Gasteiger partial charge < -0.3 is 5.11 Å². The van der Waals surface area contributed by atoms with E-state index in [1.807, 2.05) is 0 Å². The van der Waals surface area contributed by atoms with Crippen LogP contribution in [0.3, 0.4) is 0 Å². The highest BCUT2D eigenvalue weighted by atomic mass is 79.9. The van der Waals surface area contributed by atoms with Crippen molar-refractivity contribution in [2.75, 3.05) is 10.8 Å². The third-order valence-corrected chi connectivity index (χ3v) is 6.12. The Balaban J connectivity index is 2.56. The average molecular weight is 453 g/mol. The van der Waals surface area contributed by atoms with E-state index in [1.54, 1.807) is 24.3 Å². The van der Waals surface area contributed by atoms with Crippen LogP contribution in [0.2, 0.25) is 10.0 Å². The quantitative estimate of drug-likeness (QED) is 0.703. The predicted octanol–water partition coefficient (Wildman–Crippen LogP) is 4.43. The summed E-state index contributed by atoms with van der Waals surface area (Å²) in [5, 5.41) is 9.14. The molecule has 0 saturated heterocycles. The second-order valence-electron chi connectivity index (χ2n) is 4.78. The molecule has 2 rings (SSSR count). The van der Waals surface area contributed by atoms with E-state index in [-0.39, 0.29) is 27.9 Å². The molecule has 0 aromatic heterocycles. The Morgan fingerprint density at radius 2 is 1.88 bits per heavy atom. The molecule has 0 saturated carbocycles. The first-order valence-corrected chi connectivity index (χ1v) is 9.66. The molecule has 0 aliphatic heterocycles. The molecular weight excluding hydrogens is 441 g/mol. The van der Waals surface area contributed by atoms with Gasteiger partial charge in [0.25, 0.3) is 10.0 Å². The van der Waals surface area contributed by atoms with Gasteiger partial charge in [-0.15, -0.1) is 0 Å². The van der Waals surface area contributed by atoms with Crippen LogP contribution in [-0.2, 0) is 14.8 Å². The summed E-state index contributed by atoms with van der Waals surface area (Å²) in [5.74, 6) is -1.11. The fourth-order valence-corrected chi connectivity index (χ4v) is 4.59. The molecule has 0 spiro atoms. The van der Waals surface area contributed by atoms with E-state index in [4.69, 9.17) is 28.3 Å². The molecule has 2 aromatic rings. The lowest BCUT2D eigenvalue weighted by molar-refractivity contribution is -0.136. The molecule has 5 nitrogen and oxygen atoms in total. The first-order chi connectivity index (χ1) is 11.2. The van der Waals surface area contributed by atoms with Gasteiger partial charge in [0.15, 0.2) is 0 Å². The summed E-state index contributed by atoms with van der Waals surface area (Å²) >= 11 is 15.2. The van der Waals surface area contributed by atoms with E-state index in [1.165, 1.54) is 18.2 Å². The van der Waals surface area contributed by atoms with Crippen molar-refractivity contribution < 1.29 is 18.3 Å². The molecule has 9 heteroatoms. The summed E-state index contributed by atoms with van der Waals surface area (Å²) in [6.45, 7) is -0.239. The number of carbonyl (C=O) groups is 1. The third kappa shape index (κ3) is 4.42. The molecule has 0 atom stereocenters. The van der Waals surface area contributed by atoms with Crippen molar-refractivity contribution in [1.29, 1.82) is 0 Å². The number of carboxylic acid groups (broad SMARTS) is 1. The minimum absolute atomic E-state index is 0.00900. The molecule has 0 aliphatic rings. The molecular formula is C15H12BrCl2NO4S. The maximum absolute atomic E-state index is 13.0. The van der Waals surface area contributed by atoms with Gasteiger partial charge >= 0.3 is 5.97 Å². The number of sulfonamides is 1. The van der Waals surface area contributed by atoms with Crippen LogP contribution in [0.15, 0.2) is 51.8 Å². The second kappa shape index (κ2) is 7.74. The van der Waals surface area contributed by atoms with Gasteiger partial charge in [-0.25, -0.2) is 8.42 Å². The van der Waals surface area contributed by atoms with E-state index in [0.29, 0.717) is 10.2 Å². The smallest absolute Gasteiger partial charge is 0.305 e. The average Bonchev–Trinajstić information content (AvgIpc) is 2.49. The lowest BCUT2D eigenvalue weighted by Crippen LogP contribution is -2.33. The van der Waals surface area contributed by atoms with Crippen molar-refractivity contribution in [1.82, 2.24) is 0 Å². The summed E-state index contributed by atoms with van der Waals surface area (Å²) < 4.78 is 27.7. The van der Waals surface area contributed by atoms with Gasteiger partial charge in [-0.05, 0) is 36.4 Å². The van der Waals surface area contributed by atoms with Crippen molar-refractivity contribution in [3.63, 3.8) is 0 Å². The van der Waals surface area contributed by atoms with Gasteiger partial charge in [-0.1, -0.05) is 45.2 Å². The van der Waals surface area contributed by atoms with Crippen LogP contribution in [-0.4, -0.2) is 26.0 Å². The molecule has 1 N–H and O–H groups in total. The molecule has 0 amide bonds. The normalized spacial score (nSPS) is 11.3. The van der Waals surface area contributed by atoms with Crippen molar-refractivity contribution >= 4 is 60.8 Å². The number of hydrogen-bond donors (Lipinski definition) is 1. The maximum Gasteiger partial charge on any atom is 0.305 e. The minimum atomic E-state index is -4.09. The minimum Gasteiger partial charge on any atom is -0.481 e. The van der Waals surface area contributed by atoms with E-state index in [9.17, 15) is 13.2 Å². The van der Waals surface area contributed by atoms with Crippen LogP contribution < -0.4 is 4.31 Å². The number of benzene rings is 2. The Hall–Kier alpha value is -1.28. The molecule has 0 bridgehead atoms. The largest absolute Gasteiger partial charge is 0.481 e. The first kappa shape index (κ1) is 19.1. The van der Waals surface area contributed by atoms with Crippen LogP contribution in [0.1, 0.15) is 6.42 Å². The Labute approximate surface area is 158 Å². The highest BCUT2D eigenvalue weighted by Crippen LogP contribution is 2.31. The lowest BCUT2D eigenvalue weighted by Gasteiger charge is -2.24. The molecule has 0 unspecified atom stereocenters. The molecule has 128 valence electrons. The van der Waals surface area contributed by atoms with E-state index < -0.39 is 16.0 Å². The molecule has 0 heterocycles. The zero-order chi connectivity index (χ0) is 17.9. The van der Waals surface area contributed by atoms with Gasteiger partial charge in [0.1, 0.15) is 4.90 Å². The molecule has 2 aromatic carbocycles. The summed E-state index contributed by atoms with van der Waals surface area (Å²) in [7, 11) is -4.09. The summed E-state index contributed by atoms with van der Waals surface area (Å²) in [4.78, 5) is 10.7. The number of anilines is 1. The van der Waals surface area contributed by atoms with Crippen molar-refractivity contribution in [3.8, 4) is 0 Å². The Morgan fingerprint density at radius 3 is 2.50 bits per heavy atom. The van der Waals surface area contributed by atoms with E-state index >= 15 is 0 Å². The number of hydrogen-bond acceptors (Lipinski definition) is 3. The molecule has 0 fully saturated rings. The SMILES string of the molecule is O=C(O)CCN(c1cccc(Br)c1)S(=O)(=O)c1cc(Cl)ccc1Cl. The zero-order valence-corrected chi connectivity index (χ0v) is 16.0. The van der Waals surface area contributed by atoms with E-state index in [0.717, 1.165) is 4.31 Å². The number of halogens is 3. The molecule has 24 heavy (non-hydrogen) atoms. The molecule has 0 radical (unpaired) electrons. The fourth-order valence-electron chi connectivity index (χ4n) is 2.01. The third-order valence-electron chi connectivity index (χ3n) is 3.09. The van der Waals surface area contributed by atoms with Crippen LogP contribution in [0.4, 0.5) is 5.69 Å². The van der Waals surface area contributed by atoms with Crippen molar-refractivity contribution in [3.05, 3.63) is 57.0 Å². The number of carboxylic acids is 1. The fraction of sp³-hybridized carbons (Fsp3) is 0.133. The highest BCUT2D eigenvalue weighted by molar-refractivity contribution is 9.10. The lowest BCUT2D eigenvalue weighted by atomic mass is 10.3. The van der Waals surface area contributed by atoms with Gasteiger partial charge in [0.05, 0.1) is 17.1 Å². The van der Waals surface area contributed by atoms with Gasteiger partial charge in [-0.3, -0.25) is 9.10 Å². The molecule has 0 aliphatic carbocycles. The summed E-state index contributed by atoms with van der Waals surface area (Å²) in [6.07, 6.45) is -0.357. The van der Waals surface area contributed by atoms with Crippen molar-refractivity contribution in [2.45, 2.75) is 11.3 Å². The van der Waals surface area contributed by atoms with E-state index in [2.05, 4.69) is 15.9 Å². The van der Waals surface area contributed by atoms with Gasteiger partial charge in [0.2, 0.25) is 0 Å².